The normalized spacial score (nSPS) is 26.8. The highest BCUT2D eigenvalue weighted by atomic mass is 16.5. The Hall–Kier alpha value is -0.120. The number of methoxy groups -OCH3 is 1. The summed E-state index contributed by atoms with van der Waals surface area (Å²) in [5, 5.41) is 3.57. The zero-order valence-corrected chi connectivity index (χ0v) is 10.7. The van der Waals surface area contributed by atoms with E-state index in [1.807, 2.05) is 0 Å². The van der Waals surface area contributed by atoms with Gasteiger partial charge in [-0.3, -0.25) is 4.90 Å². The van der Waals surface area contributed by atoms with Gasteiger partial charge >= 0.3 is 0 Å². The van der Waals surface area contributed by atoms with Crippen LogP contribution in [0.15, 0.2) is 0 Å². The van der Waals surface area contributed by atoms with Crippen molar-refractivity contribution in [1.29, 1.82) is 0 Å². The van der Waals surface area contributed by atoms with Gasteiger partial charge in [0.2, 0.25) is 0 Å². The average Bonchev–Trinajstić information content (AvgIpc) is 2.18. The predicted octanol–water partition coefficient (Wildman–Crippen LogP) is 1.49. The molecule has 0 amide bonds. The van der Waals surface area contributed by atoms with Crippen LogP contribution in [0, 0.1) is 0 Å². The van der Waals surface area contributed by atoms with Crippen molar-refractivity contribution >= 4 is 0 Å². The van der Waals surface area contributed by atoms with Gasteiger partial charge in [0.1, 0.15) is 0 Å². The van der Waals surface area contributed by atoms with Crippen molar-refractivity contribution in [2.75, 3.05) is 33.4 Å². The first kappa shape index (κ1) is 12.9. The van der Waals surface area contributed by atoms with Crippen molar-refractivity contribution in [3.05, 3.63) is 0 Å². The van der Waals surface area contributed by atoms with Gasteiger partial charge in [-0.1, -0.05) is 0 Å². The molecule has 90 valence electrons. The van der Waals surface area contributed by atoms with Gasteiger partial charge in [-0.25, -0.2) is 0 Å². The predicted molar refractivity (Wildman–Crippen MR) is 64.2 cm³/mol. The van der Waals surface area contributed by atoms with E-state index in [9.17, 15) is 0 Å². The third kappa shape index (κ3) is 4.49. The lowest BCUT2D eigenvalue weighted by molar-refractivity contribution is 0.0988. The molecule has 0 bridgehead atoms. The molecule has 1 aliphatic rings. The molecule has 1 rings (SSSR count). The van der Waals surface area contributed by atoms with Crippen LogP contribution in [-0.2, 0) is 4.74 Å². The second-order valence-electron chi connectivity index (χ2n) is 5.28. The van der Waals surface area contributed by atoms with Gasteiger partial charge < -0.3 is 10.1 Å². The lowest BCUT2D eigenvalue weighted by Gasteiger charge is -2.43. The molecule has 1 saturated heterocycles. The monoisotopic (exact) mass is 214 g/mol. The molecule has 1 fully saturated rings. The van der Waals surface area contributed by atoms with Crippen LogP contribution in [0.4, 0.5) is 0 Å². The van der Waals surface area contributed by atoms with E-state index < -0.39 is 0 Å². The molecule has 0 aromatic rings. The summed E-state index contributed by atoms with van der Waals surface area (Å²) in [6.45, 7) is 11.2. The van der Waals surface area contributed by atoms with Crippen LogP contribution in [0.1, 0.15) is 33.6 Å². The van der Waals surface area contributed by atoms with E-state index in [1.165, 1.54) is 19.4 Å². The van der Waals surface area contributed by atoms with E-state index in [4.69, 9.17) is 4.74 Å². The van der Waals surface area contributed by atoms with E-state index in [0.29, 0.717) is 6.04 Å². The highest BCUT2D eigenvalue weighted by molar-refractivity contribution is 4.90. The number of piperazine rings is 1. The van der Waals surface area contributed by atoms with Gasteiger partial charge in [0, 0.05) is 38.4 Å². The summed E-state index contributed by atoms with van der Waals surface area (Å²) in [7, 11) is 1.77. The number of nitrogens with zero attached hydrogens (tertiary/aromatic N) is 1. The number of unbranched alkanes of at least 4 members (excludes halogenated alkanes) is 1. The minimum atomic E-state index is 0.272. The van der Waals surface area contributed by atoms with Crippen molar-refractivity contribution in [3.8, 4) is 0 Å². The van der Waals surface area contributed by atoms with Gasteiger partial charge in [0.05, 0.1) is 0 Å². The van der Waals surface area contributed by atoms with Gasteiger partial charge in [0.15, 0.2) is 0 Å². The highest BCUT2D eigenvalue weighted by Gasteiger charge is 2.29. The number of nitrogens with one attached hydrogen (secondary N) is 1. The summed E-state index contributed by atoms with van der Waals surface area (Å²) < 4.78 is 5.07. The van der Waals surface area contributed by atoms with Crippen LogP contribution in [0.5, 0.6) is 0 Å². The molecule has 1 heterocycles. The fourth-order valence-electron chi connectivity index (χ4n) is 2.13. The number of hydrogen-bond acceptors (Lipinski definition) is 3. The fourth-order valence-corrected chi connectivity index (χ4v) is 2.13. The molecule has 1 N–H and O–H groups in total. The smallest absolute Gasteiger partial charge is 0.0462 e. The van der Waals surface area contributed by atoms with Gasteiger partial charge in [-0.2, -0.15) is 0 Å². The average molecular weight is 214 g/mol. The molecule has 3 nitrogen and oxygen atoms in total. The third-order valence-corrected chi connectivity index (χ3v) is 3.14. The Balaban J connectivity index is 2.25. The minimum Gasteiger partial charge on any atom is -0.385 e. The van der Waals surface area contributed by atoms with E-state index >= 15 is 0 Å². The van der Waals surface area contributed by atoms with Gasteiger partial charge in [-0.05, 0) is 40.2 Å². The van der Waals surface area contributed by atoms with E-state index in [1.54, 1.807) is 7.11 Å². The Morgan fingerprint density at radius 1 is 1.40 bits per heavy atom. The second kappa shape index (κ2) is 5.83. The summed E-state index contributed by atoms with van der Waals surface area (Å²) in [6.07, 6.45) is 2.42. The quantitative estimate of drug-likeness (QED) is 0.702. The summed E-state index contributed by atoms with van der Waals surface area (Å²) in [5.74, 6) is 0. The Morgan fingerprint density at radius 3 is 2.80 bits per heavy atom. The first-order chi connectivity index (χ1) is 7.05. The molecule has 1 aliphatic heterocycles. The van der Waals surface area contributed by atoms with Crippen molar-refractivity contribution in [2.24, 2.45) is 0 Å². The van der Waals surface area contributed by atoms with Crippen molar-refractivity contribution in [3.63, 3.8) is 0 Å². The molecule has 0 aromatic heterocycles. The number of hydrogen-bond donors (Lipinski definition) is 1. The Morgan fingerprint density at radius 2 is 2.13 bits per heavy atom. The summed E-state index contributed by atoms with van der Waals surface area (Å²) in [4.78, 5) is 2.59. The van der Waals surface area contributed by atoms with Crippen LogP contribution in [0.25, 0.3) is 0 Å². The molecule has 1 atom stereocenters. The molecule has 0 aliphatic carbocycles. The summed E-state index contributed by atoms with van der Waals surface area (Å²) in [5.41, 5.74) is 0.272. The molecular formula is C12H26N2O. The third-order valence-electron chi connectivity index (χ3n) is 3.14. The van der Waals surface area contributed by atoms with Crippen molar-refractivity contribution in [1.82, 2.24) is 10.2 Å². The first-order valence-electron chi connectivity index (χ1n) is 6.03. The maximum atomic E-state index is 5.07. The molecular weight excluding hydrogens is 188 g/mol. The van der Waals surface area contributed by atoms with Gasteiger partial charge in [-0.15, -0.1) is 0 Å². The Labute approximate surface area is 94.2 Å². The maximum Gasteiger partial charge on any atom is 0.0462 e. The Kier molecular flexibility index (Phi) is 5.03. The first-order valence-corrected chi connectivity index (χ1v) is 6.03. The number of ether oxygens (including phenoxy) is 1. The highest BCUT2D eigenvalue weighted by Crippen LogP contribution is 2.15. The number of rotatable bonds is 5. The zero-order chi connectivity index (χ0) is 11.3. The fraction of sp³-hybridized carbons (Fsp3) is 1.00. The molecule has 0 aromatic carbocycles. The van der Waals surface area contributed by atoms with Crippen LogP contribution in [-0.4, -0.2) is 49.8 Å². The minimum absolute atomic E-state index is 0.272. The largest absolute Gasteiger partial charge is 0.385 e. The zero-order valence-electron chi connectivity index (χ0n) is 10.7. The van der Waals surface area contributed by atoms with E-state index in [2.05, 4.69) is 31.0 Å². The van der Waals surface area contributed by atoms with Crippen molar-refractivity contribution < 1.29 is 4.74 Å². The van der Waals surface area contributed by atoms with Crippen molar-refractivity contribution in [2.45, 2.75) is 45.2 Å². The SMILES string of the molecule is COCCCCN1CC(C)(C)NCC1C. The lowest BCUT2D eigenvalue weighted by atomic mass is 9.99. The molecule has 0 spiro atoms. The van der Waals surface area contributed by atoms with Crippen LogP contribution < -0.4 is 5.32 Å². The van der Waals surface area contributed by atoms with E-state index in [0.717, 1.165) is 19.7 Å². The topological polar surface area (TPSA) is 24.5 Å². The molecule has 3 heteroatoms. The van der Waals surface area contributed by atoms with E-state index in [-0.39, 0.29) is 5.54 Å². The molecule has 15 heavy (non-hydrogen) atoms. The lowest BCUT2D eigenvalue weighted by Crippen LogP contribution is -2.60. The van der Waals surface area contributed by atoms with Crippen LogP contribution in [0.2, 0.25) is 0 Å². The second-order valence-corrected chi connectivity index (χ2v) is 5.28. The van der Waals surface area contributed by atoms with Crippen LogP contribution >= 0.6 is 0 Å². The van der Waals surface area contributed by atoms with Crippen LogP contribution in [0.3, 0.4) is 0 Å². The Bertz CT molecular complexity index is 182. The standard InChI is InChI=1S/C12H26N2O/c1-11-9-13-12(2,3)10-14(11)7-5-6-8-15-4/h11,13H,5-10H2,1-4H3. The summed E-state index contributed by atoms with van der Waals surface area (Å²) >= 11 is 0. The summed E-state index contributed by atoms with van der Waals surface area (Å²) in [6, 6.07) is 0.667. The van der Waals surface area contributed by atoms with Gasteiger partial charge in [0.25, 0.3) is 0 Å². The molecule has 0 saturated carbocycles. The molecule has 1 unspecified atom stereocenters. The maximum absolute atomic E-state index is 5.07. The molecule has 0 radical (unpaired) electrons.